The van der Waals surface area contributed by atoms with Crippen molar-refractivity contribution < 1.29 is 9.53 Å². The first kappa shape index (κ1) is 15.7. The van der Waals surface area contributed by atoms with Crippen molar-refractivity contribution in [3.05, 3.63) is 18.2 Å². The summed E-state index contributed by atoms with van der Waals surface area (Å²) in [6, 6.07) is 0.647. The summed E-state index contributed by atoms with van der Waals surface area (Å²) in [6.07, 6.45) is 3.70. The van der Waals surface area contributed by atoms with Crippen LogP contribution in [0.1, 0.15) is 46.4 Å². The van der Waals surface area contributed by atoms with Crippen LogP contribution in [0.15, 0.2) is 12.5 Å². The number of carbonyl (C=O) groups excluding carboxylic acids is 1. The van der Waals surface area contributed by atoms with Gasteiger partial charge in [0.2, 0.25) is 0 Å². The van der Waals surface area contributed by atoms with Crippen LogP contribution in [0.3, 0.4) is 0 Å². The minimum atomic E-state index is -0.174. The van der Waals surface area contributed by atoms with Crippen molar-refractivity contribution in [2.45, 2.75) is 53.2 Å². The number of imidazole rings is 1. The summed E-state index contributed by atoms with van der Waals surface area (Å²) in [4.78, 5) is 17.9. The summed E-state index contributed by atoms with van der Waals surface area (Å²) >= 11 is 0. The fourth-order valence-corrected chi connectivity index (χ4v) is 1.92. The Kier molecular flexibility index (Phi) is 6.02. The van der Waals surface area contributed by atoms with Crippen LogP contribution in [0, 0.1) is 0 Å². The van der Waals surface area contributed by atoms with Crippen LogP contribution in [0.4, 0.5) is 0 Å². The lowest BCUT2D eigenvalue weighted by atomic mass is 10.2. The maximum Gasteiger partial charge on any atom is 0.320 e. The fourth-order valence-electron chi connectivity index (χ4n) is 1.92. The summed E-state index contributed by atoms with van der Waals surface area (Å²) in [5, 5.41) is 0. The summed E-state index contributed by atoms with van der Waals surface area (Å²) in [5.74, 6) is -0.174. The second-order valence-corrected chi connectivity index (χ2v) is 5.19. The quantitative estimate of drug-likeness (QED) is 0.711. The highest BCUT2D eigenvalue weighted by atomic mass is 16.5. The van der Waals surface area contributed by atoms with E-state index in [2.05, 4.69) is 42.1 Å². The smallest absolute Gasteiger partial charge is 0.320 e. The summed E-state index contributed by atoms with van der Waals surface area (Å²) in [6.45, 7) is 11.7. The highest BCUT2D eigenvalue weighted by Gasteiger charge is 2.17. The molecule has 5 heteroatoms. The second-order valence-electron chi connectivity index (χ2n) is 5.19. The van der Waals surface area contributed by atoms with E-state index in [0.717, 1.165) is 5.69 Å². The first-order valence-electron chi connectivity index (χ1n) is 6.86. The Morgan fingerprint density at radius 3 is 2.63 bits per heavy atom. The van der Waals surface area contributed by atoms with Crippen LogP contribution >= 0.6 is 0 Å². The third-order valence-corrected chi connectivity index (χ3v) is 3.04. The van der Waals surface area contributed by atoms with Crippen LogP contribution in [0.5, 0.6) is 0 Å². The van der Waals surface area contributed by atoms with Gasteiger partial charge in [-0.05, 0) is 34.6 Å². The first-order chi connectivity index (χ1) is 8.95. The molecule has 0 N–H and O–H groups in total. The van der Waals surface area contributed by atoms with E-state index in [9.17, 15) is 4.79 Å². The molecular formula is C14H25N3O2. The van der Waals surface area contributed by atoms with Crippen molar-refractivity contribution in [1.29, 1.82) is 0 Å². The molecule has 0 aromatic carbocycles. The number of hydrogen-bond donors (Lipinski definition) is 0. The number of ether oxygens (including phenoxy) is 1. The number of aromatic nitrogens is 2. The van der Waals surface area contributed by atoms with Crippen LogP contribution in [-0.4, -0.2) is 39.6 Å². The molecule has 1 aromatic rings. The highest BCUT2D eigenvalue weighted by Crippen LogP contribution is 2.13. The van der Waals surface area contributed by atoms with Gasteiger partial charge in [0.15, 0.2) is 0 Å². The van der Waals surface area contributed by atoms with Gasteiger partial charge in [0, 0.05) is 24.8 Å². The van der Waals surface area contributed by atoms with Gasteiger partial charge in [-0.25, -0.2) is 4.98 Å². The maximum absolute atomic E-state index is 11.6. The van der Waals surface area contributed by atoms with Crippen molar-refractivity contribution in [2.24, 2.45) is 0 Å². The van der Waals surface area contributed by atoms with Gasteiger partial charge in [-0.1, -0.05) is 0 Å². The van der Waals surface area contributed by atoms with E-state index in [0.29, 0.717) is 25.7 Å². The molecule has 1 aromatic heterocycles. The molecule has 0 radical (unpaired) electrons. The molecule has 0 saturated carbocycles. The van der Waals surface area contributed by atoms with E-state index in [-0.39, 0.29) is 12.0 Å². The van der Waals surface area contributed by atoms with E-state index >= 15 is 0 Å². The zero-order chi connectivity index (χ0) is 14.4. The molecule has 0 aliphatic rings. The van der Waals surface area contributed by atoms with Crippen LogP contribution in [0.25, 0.3) is 0 Å². The van der Waals surface area contributed by atoms with E-state index in [1.165, 1.54) is 0 Å². The van der Waals surface area contributed by atoms with Crippen molar-refractivity contribution in [2.75, 3.05) is 13.2 Å². The zero-order valence-electron chi connectivity index (χ0n) is 12.6. The Labute approximate surface area is 115 Å². The molecule has 1 heterocycles. The van der Waals surface area contributed by atoms with Gasteiger partial charge in [0.1, 0.15) is 0 Å². The van der Waals surface area contributed by atoms with Crippen LogP contribution < -0.4 is 0 Å². The van der Waals surface area contributed by atoms with Gasteiger partial charge >= 0.3 is 5.97 Å². The summed E-state index contributed by atoms with van der Waals surface area (Å²) in [5.41, 5.74) is 1.12. The molecular weight excluding hydrogens is 242 g/mol. The largest absolute Gasteiger partial charge is 0.465 e. The summed E-state index contributed by atoms with van der Waals surface area (Å²) in [7, 11) is 0. The molecule has 1 rings (SSSR count). The van der Waals surface area contributed by atoms with E-state index in [4.69, 9.17) is 4.74 Å². The maximum atomic E-state index is 11.6. The number of carbonyl (C=O) groups is 1. The molecule has 0 saturated heterocycles. The van der Waals surface area contributed by atoms with Crippen molar-refractivity contribution >= 4 is 5.97 Å². The Balaban J connectivity index is 2.73. The lowest BCUT2D eigenvalue weighted by Crippen LogP contribution is -2.36. The number of hydrogen-bond acceptors (Lipinski definition) is 4. The molecule has 108 valence electrons. The lowest BCUT2D eigenvalue weighted by Gasteiger charge is -2.26. The Bertz CT molecular complexity index is 399. The van der Waals surface area contributed by atoms with Gasteiger partial charge < -0.3 is 9.30 Å². The minimum absolute atomic E-state index is 0.174. The van der Waals surface area contributed by atoms with Gasteiger partial charge in [-0.15, -0.1) is 0 Å². The fraction of sp³-hybridized carbons (Fsp3) is 0.714. The molecule has 0 atom stereocenters. The topological polar surface area (TPSA) is 47.4 Å². The molecule has 0 unspecified atom stereocenters. The summed E-state index contributed by atoms with van der Waals surface area (Å²) < 4.78 is 7.14. The van der Waals surface area contributed by atoms with Crippen LogP contribution in [-0.2, 0) is 16.1 Å². The third kappa shape index (κ3) is 4.67. The van der Waals surface area contributed by atoms with Crippen LogP contribution in [0.2, 0.25) is 0 Å². The average Bonchev–Trinajstić information content (AvgIpc) is 2.76. The molecule has 0 amide bonds. The molecule has 0 aliphatic heterocycles. The van der Waals surface area contributed by atoms with Gasteiger partial charge in [0.25, 0.3) is 0 Å². The van der Waals surface area contributed by atoms with Crippen molar-refractivity contribution in [3.8, 4) is 0 Å². The van der Waals surface area contributed by atoms with Gasteiger partial charge in [0.05, 0.1) is 25.2 Å². The SMILES string of the molecule is CCOC(=O)CN(Cc1cncn1C(C)C)C(C)C. The lowest BCUT2D eigenvalue weighted by molar-refractivity contribution is -0.145. The van der Waals surface area contributed by atoms with Crippen molar-refractivity contribution in [3.63, 3.8) is 0 Å². The Morgan fingerprint density at radius 2 is 2.11 bits per heavy atom. The first-order valence-corrected chi connectivity index (χ1v) is 6.86. The van der Waals surface area contributed by atoms with E-state index in [1.54, 1.807) is 0 Å². The molecule has 0 aliphatic carbocycles. The standard InChI is InChI=1S/C14H25N3O2/c1-6-19-14(18)9-16(11(2)3)8-13-7-15-10-17(13)12(4)5/h7,10-12H,6,8-9H2,1-5H3. The second kappa shape index (κ2) is 7.28. The average molecular weight is 267 g/mol. The molecule has 5 nitrogen and oxygen atoms in total. The highest BCUT2D eigenvalue weighted by molar-refractivity contribution is 5.71. The molecule has 0 fully saturated rings. The Morgan fingerprint density at radius 1 is 1.42 bits per heavy atom. The van der Waals surface area contributed by atoms with E-state index < -0.39 is 0 Å². The minimum Gasteiger partial charge on any atom is -0.465 e. The van der Waals surface area contributed by atoms with Crippen molar-refractivity contribution in [1.82, 2.24) is 14.5 Å². The number of rotatable bonds is 7. The number of esters is 1. The third-order valence-electron chi connectivity index (χ3n) is 3.04. The van der Waals surface area contributed by atoms with Gasteiger partial charge in [-0.3, -0.25) is 9.69 Å². The molecule has 0 spiro atoms. The monoisotopic (exact) mass is 267 g/mol. The Hall–Kier alpha value is -1.36. The predicted octanol–water partition coefficient (Wildman–Crippen LogP) is 2.24. The van der Waals surface area contributed by atoms with E-state index in [1.807, 2.05) is 19.4 Å². The number of nitrogens with zero attached hydrogens (tertiary/aromatic N) is 3. The zero-order valence-corrected chi connectivity index (χ0v) is 12.6. The van der Waals surface area contributed by atoms with Gasteiger partial charge in [-0.2, -0.15) is 0 Å². The molecule has 0 bridgehead atoms. The molecule has 19 heavy (non-hydrogen) atoms. The predicted molar refractivity (Wildman–Crippen MR) is 74.8 cm³/mol. The normalized spacial score (nSPS) is 11.6.